The van der Waals surface area contributed by atoms with Gasteiger partial charge >= 0.3 is 5.97 Å². The molecule has 2 nitrogen and oxygen atoms in total. The molecule has 1 unspecified atom stereocenters. The molecule has 0 saturated carbocycles. The summed E-state index contributed by atoms with van der Waals surface area (Å²) in [4.78, 5) is 10.6. The number of halogens is 1. The van der Waals surface area contributed by atoms with Crippen LogP contribution in [0.4, 0.5) is 0 Å². The molecule has 0 aliphatic rings. The zero-order valence-electron chi connectivity index (χ0n) is 6.11. The molecule has 0 aliphatic heterocycles. The third-order valence-electron chi connectivity index (χ3n) is 1.42. The van der Waals surface area contributed by atoms with Crippen LogP contribution in [0.15, 0.2) is 30.3 Å². The number of carboxylic acid groups (broad SMARTS) is 1. The number of benzene rings is 1. The van der Waals surface area contributed by atoms with Gasteiger partial charge in [-0.2, -0.15) is 0 Å². The highest BCUT2D eigenvalue weighted by Gasteiger charge is 2.18. The van der Waals surface area contributed by atoms with E-state index in [0.717, 1.165) is 11.0 Å². The van der Waals surface area contributed by atoms with Crippen LogP contribution in [0.25, 0.3) is 0 Å². The van der Waals surface area contributed by atoms with Crippen molar-refractivity contribution in [2.75, 3.05) is 0 Å². The molecule has 1 atom stereocenters. The molecule has 0 heterocycles. The van der Waals surface area contributed by atoms with Crippen LogP contribution in [0.3, 0.4) is 0 Å². The fourth-order valence-corrected chi connectivity index (χ4v) is 1.73. The van der Waals surface area contributed by atoms with Crippen molar-refractivity contribution < 1.29 is 9.90 Å². The van der Waals surface area contributed by atoms with Crippen molar-refractivity contribution in [1.29, 1.82) is 0 Å². The fraction of sp³-hybridized carbons (Fsp3) is 0.125. The molecular weight excluding hydrogens is 196 g/mol. The topological polar surface area (TPSA) is 37.3 Å². The van der Waals surface area contributed by atoms with Crippen molar-refractivity contribution in [2.24, 2.45) is 0 Å². The summed E-state index contributed by atoms with van der Waals surface area (Å²) in [6.45, 7) is 0. The number of aliphatic carboxylic acids is 1. The van der Waals surface area contributed by atoms with E-state index in [0.29, 0.717) is 5.56 Å². The van der Waals surface area contributed by atoms with Crippen molar-refractivity contribution in [3.63, 3.8) is 0 Å². The van der Waals surface area contributed by atoms with E-state index in [1.807, 2.05) is 6.07 Å². The first-order chi connectivity index (χ1) is 5.75. The van der Waals surface area contributed by atoms with Crippen LogP contribution in [0.5, 0.6) is 0 Å². The highest BCUT2D eigenvalue weighted by molar-refractivity contribution is 8.21. The van der Waals surface area contributed by atoms with Crippen LogP contribution >= 0.6 is 21.7 Å². The molecule has 12 heavy (non-hydrogen) atoms. The summed E-state index contributed by atoms with van der Waals surface area (Å²) in [5.74, 6) is -0.916. The number of rotatable bonds is 3. The molecule has 0 saturated heterocycles. The highest BCUT2D eigenvalue weighted by atomic mass is 35.7. The zero-order valence-corrected chi connectivity index (χ0v) is 7.68. The van der Waals surface area contributed by atoms with Gasteiger partial charge in [0.2, 0.25) is 0 Å². The Balaban J connectivity index is 2.88. The standard InChI is InChI=1S/C8H7ClO2S/c9-12-7(8(10)11)6-4-2-1-3-5-6/h1-5,7H,(H,10,11). The second kappa shape index (κ2) is 4.38. The number of carboxylic acids is 1. The second-order valence-electron chi connectivity index (χ2n) is 2.22. The largest absolute Gasteiger partial charge is 0.480 e. The Kier molecular flexibility index (Phi) is 3.44. The summed E-state index contributed by atoms with van der Waals surface area (Å²) < 4.78 is 0. The maximum Gasteiger partial charge on any atom is 0.322 e. The first-order valence-corrected chi connectivity index (χ1v) is 5.01. The van der Waals surface area contributed by atoms with Gasteiger partial charge in [-0.15, -0.1) is 0 Å². The number of hydrogen-bond acceptors (Lipinski definition) is 2. The lowest BCUT2D eigenvalue weighted by molar-refractivity contribution is -0.136. The summed E-state index contributed by atoms with van der Waals surface area (Å²) in [6.07, 6.45) is 0. The summed E-state index contributed by atoms with van der Waals surface area (Å²) in [5.41, 5.74) is 0.713. The molecule has 1 N–H and O–H groups in total. The van der Waals surface area contributed by atoms with Crippen molar-refractivity contribution in [1.82, 2.24) is 0 Å². The lowest BCUT2D eigenvalue weighted by atomic mass is 10.1. The van der Waals surface area contributed by atoms with Crippen LogP contribution in [0.1, 0.15) is 10.8 Å². The average molecular weight is 203 g/mol. The van der Waals surface area contributed by atoms with Gasteiger partial charge in [-0.05, 0) is 27.2 Å². The van der Waals surface area contributed by atoms with Gasteiger partial charge in [0, 0.05) is 0 Å². The van der Waals surface area contributed by atoms with Crippen LogP contribution in [-0.4, -0.2) is 11.1 Å². The average Bonchev–Trinajstić information content (AvgIpc) is 2.07. The Morgan fingerprint density at radius 3 is 2.42 bits per heavy atom. The third kappa shape index (κ3) is 2.16. The van der Waals surface area contributed by atoms with E-state index in [9.17, 15) is 4.79 Å². The first kappa shape index (κ1) is 9.42. The minimum atomic E-state index is -0.916. The van der Waals surface area contributed by atoms with Gasteiger partial charge in [0.25, 0.3) is 0 Å². The normalized spacial score (nSPS) is 12.4. The van der Waals surface area contributed by atoms with E-state index in [-0.39, 0.29) is 0 Å². The monoisotopic (exact) mass is 202 g/mol. The van der Waals surface area contributed by atoms with Gasteiger partial charge in [0.15, 0.2) is 0 Å². The summed E-state index contributed by atoms with van der Waals surface area (Å²) in [6, 6.07) is 8.90. The van der Waals surface area contributed by atoms with E-state index in [1.54, 1.807) is 24.3 Å². The molecule has 4 heteroatoms. The minimum Gasteiger partial charge on any atom is -0.480 e. The van der Waals surface area contributed by atoms with Gasteiger partial charge in [-0.1, -0.05) is 30.3 Å². The molecule has 64 valence electrons. The molecule has 0 fully saturated rings. The van der Waals surface area contributed by atoms with Gasteiger partial charge in [-0.25, -0.2) is 0 Å². The fourth-order valence-electron chi connectivity index (χ4n) is 0.860. The van der Waals surface area contributed by atoms with E-state index in [4.69, 9.17) is 15.8 Å². The molecule has 0 radical (unpaired) electrons. The summed E-state index contributed by atoms with van der Waals surface area (Å²) >= 11 is 0. The highest BCUT2D eigenvalue weighted by Crippen LogP contribution is 2.31. The Morgan fingerprint density at radius 1 is 1.42 bits per heavy atom. The molecule has 0 bridgehead atoms. The summed E-state index contributed by atoms with van der Waals surface area (Å²) in [5, 5.41) is 8.05. The zero-order chi connectivity index (χ0) is 8.97. The van der Waals surface area contributed by atoms with Gasteiger partial charge < -0.3 is 5.11 Å². The van der Waals surface area contributed by atoms with Crippen molar-refractivity contribution in [2.45, 2.75) is 5.25 Å². The maximum absolute atomic E-state index is 10.6. The molecule has 1 aromatic rings. The summed E-state index contributed by atoms with van der Waals surface area (Å²) in [7, 11) is 6.24. The maximum atomic E-state index is 10.6. The SMILES string of the molecule is O=C(O)C(SCl)c1ccccc1. The molecule has 0 aromatic heterocycles. The van der Waals surface area contributed by atoms with E-state index >= 15 is 0 Å². The van der Waals surface area contributed by atoms with Gasteiger partial charge in [0.05, 0.1) is 0 Å². The van der Waals surface area contributed by atoms with Gasteiger partial charge in [-0.3, -0.25) is 4.79 Å². The van der Waals surface area contributed by atoms with E-state index in [1.165, 1.54) is 0 Å². The molecule has 1 rings (SSSR count). The second-order valence-corrected chi connectivity index (χ2v) is 3.40. The molecule has 0 spiro atoms. The van der Waals surface area contributed by atoms with Crippen molar-refractivity contribution in [3.05, 3.63) is 35.9 Å². The van der Waals surface area contributed by atoms with Crippen LogP contribution in [-0.2, 0) is 4.79 Å². The Morgan fingerprint density at radius 2 is 2.00 bits per heavy atom. The Labute approximate surface area is 79.0 Å². The predicted octanol–water partition coefficient (Wildman–Crippen LogP) is 2.70. The lowest BCUT2D eigenvalue weighted by Gasteiger charge is -2.06. The Hall–Kier alpha value is -0.670. The van der Waals surface area contributed by atoms with Crippen LogP contribution < -0.4 is 0 Å². The predicted molar refractivity (Wildman–Crippen MR) is 50.3 cm³/mol. The quantitative estimate of drug-likeness (QED) is 0.819. The molecule has 0 amide bonds. The number of carbonyl (C=O) groups is 1. The minimum absolute atomic E-state index is 0.673. The number of hydrogen-bond donors (Lipinski definition) is 1. The van der Waals surface area contributed by atoms with Crippen molar-refractivity contribution in [3.8, 4) is 0 Å². The van der Waals surface area contributed by atoms with Gasteiger partial charge in [0.1, 0.15) is 5.25 Å². The first-order valence-electron chi connectivity index (χ1n) is 3.31. The third-order valence-corrected chi connectivity index (χ3v) is 2.60. The van der Waals surface area contributed by atoms with Crippen molar-refractivity contribution >= 4 is 27.6 Å². The van der Waals surface area contributed by atoms with E-state index in [2.05, 4.69) is 0 Å². The van der Waals surface area contributed by atoms with E-state index < -0.39 is 11.2 Å². The molecular formula is C8H7ClO2S. The molecule has 0 aliphatic carbocycles. The lowest BCUT2D eigenvalue weighted by Crippen LogP contribution is -2.05. The molecule has 1 aromatic carbocycles. The smallest absolute Gasteiger partial charge is 0.322 e. The Bertz CT molecular complexity index is 263. The van der Waals surface area contributed by atoms with Crippen LogP contribution in [0.2, 0.25) is 0 Å². The van der Waals surface area contributed by atoms with Crippen LogP contribution in [0, 0.1) is 0 Å².